The molecule has 0 bridgehead atoms. The van der Waals surface area contributed by atoms with Crippen LogP contribution in [0.3, 0.4) is 0 Å². The molecule has 1 atom stereocenters. The number of carbonyl (C=O) groups is 1. The molecule has 3 aromatic carbocycles. The van der Waals surface area contributed by atoms with Gasteiger partial charge < -0.3 is 5.73 Å². The summed E-state index contributed by atoms with van der Waals surface area (Å²) in [5, 5.41) is 0.794. The molecule has 0 fully saturated rings. The van der Waals surface area contributed by atoms with Crippen molar-refractivity contribution in [3.05, 3.63) is 107 Å². The van der Waals surface area contributed by atoms with Crippen molar-refractivity contribution in [1.82, 2.24) is 0 Å². The van der Waals surface area contributed by atoms with Gasteiger partial charge in [-0.05, 0) is 17.7 Å². The summed E-state index contributed by atoms with van der Waals surface area (Å²) in [5.41, 5.74) is 7.42. The van der Waals surface area contributed by atoms with Crippen molar-refractivity contribution in [3.8, 4) is 0 Å². The van der Waals surface area contributed by atoms with E-state index in [1.54, 1.807) is 12.1 Å². The number of benzene rings is 3. The molecule has 0 spiro atoms. The number of nitrogens with two attached hydrogens (primary N) is 1. The Morgan fingerprint density at radius 3 is 1.61 bits per heavy atom. The molecule has 23 heavy (non-hydrogen) atoms. The summed E-state index contributed by atoms with van der Waals surface area (Å²) in [6.07, 6.45) is 0. The van der Waals surface area contributed by atoms with Gasteiger partial charge in [-0.15, -0.1) is 0 Å². The molecule has 2 N–H and O–H groups in total. The molecule has 0 aliphatic carbocycles. The zero-order chi connectivity index (χ0) is 16.5. The van der Waals surface area contributed by atoms with Gasteiger partial charge in [0.2, 0.25) is 0 Å². The quantitative estimate of drug-likeness (QED) is 0.696. The van der Waals surface area contributed by atoms with Gasteiger partial charge in [0.1, 0.15) is 0 Å². The Bertz CT molecular complexity index is 714. The normalized spacial score (nSPS) is 11.0. The Hall–Kier alpha value is -2.42. The summed E-state index contributed by atoms with van der Waals surface area (Å²) in [7, 11) is 0. The highest BCUT2D eigenvalue weighted by molar-refractivity contribution is 6.30. The van der Waals surface area contributed by atoms with Crippen LogP contribution < -0.4 is 5.73 Å². The summed E-state index contributed by atoms with van der Waals surface area (Å²) in [5.74, 6) is -0.0493. The van der Waals surface area contributed by atoms with Crippen molar-refractivity contribution in [1.29, 1.82) is 0 Å². The number of Topliss-reactive ketones (excluding diaryl/α,β-unsaturated/α-hetero) is 1. The van der Waals surface area contributed by atoms with E-state index < -0.39 is 6.04 Å². The molecule has 0 saturated heterocycles. The third kappa shape index (κ3) is 5.37. The minimum absolute atomic E-state index is 0.0493. The van der Waals surface area contributed by atoms with Crippen molar-refractivity contribution in [2.45, 2.75) is 6.04 Å². The van der Waals surface area contributed by atoms with Gasteiger partial charge >= 0.3 is 0 Å². The van der Waals surface area contributed by atoms with Crippen molar-refractivity contribution >= 4 is 17.4 Å². The summed E-state index contributed by atoms with van der Waals surface area (Å²) in [6.45, 7) is 0. The fraction of sp³-hybridized carbons (Fsp3) is 0.0500. The first-order valence-corrected chi connectivity index (χ1v) is 7.66. The van der Waals surface area contributed by atoms with Gasteiger partial charge in [-0.25, -0.2) is 0 Å². The lowest BCUT2D eigenvalue weighted by Crippen LogP contribution is -2.21. The van der Waals surface area contributed by atoms with E-state index in [0.717, 1.165) is 10.6 Å². The molecule has 0 aliphatic heterocycles. The largest absolute Gasteiger partial charge is 0.318 e. The molecule has 0 aromatic heterocycles. The fourth-order valence-electron chi connectivity index (χ4n) is 2.01. The molecular weight excluding hydrogens is 306 g/mol. The summed E-state index contributed by atoms with van der Waals surface area (Å²) >= 11 is 5.54. The second kappa shape index (κ2) is 8.89. The SMILES string of the molecule is Clc1ccccc1.NC(C(=O)c1ccccc1)c1ccccc1. The zero-order valence-corrected chi connectivity index (χ0v) is 13.4. The molecule has 1 unspecified atom stereocenters. The highest BCUT2D eigenvalue weighted by Gasteiger charge is 2.16. The molecule has 0 radical (unpaired) electrons. The van der Waals surface area contributed by atoms with E-state index in [-0.39, 0.29) is 5.78 Å². The number of halogens is 1. The molecule has 3 heteroatoms. The van der Waals surface area contributed by atoms with Crippen LogP contribution in [0.1, 0.15) is 22.0 Å². The molecule has 0 amide bonds. The van der Waals surface area contributed by atoms with Crippen molar-refractivity contribution in [2.24, 2.45) is 5.73 Å². The fourth-order valence-corrected chi connectivity index (χ4v) is 2.15. The van der Waals surface area contributed by atoms with Crippen LogP contribution >= 0.6 is 11.6 Å². The monoisotopic (exact) mass is 323 g/mol. The molecule has 2 nitrogen and oxygen atoms in total. The molecule has 0 saturated carbocycles. The predicted octanol–water partition coefficient (Wildman–Crippen LogP) is 4.91. The van der Waals surface area contributed by atoms with Crippen LogP contribution in [0.25, 0.3) is 0 Å². The molecular formula is C20H18ClNO. The Morgan fingerprint density at radius 1 is 0.739 bits per heavy atom. The van der Waals surface area contributed by atoms with E-state index >= 15 is 0 Å². The van der Waals surface area contributed by atoms with Crippen LogP contribution in [0.2, 0.25) is 5.02 Å². The van der Waals surface area contributed by atoms with Crippen LogP contribution in [-0.4, -0.2) is 5.78 Å². The van der Waals surface area contributed by atoms with Crippen LogP contribution in [0.5, 0.6) is 0 Å². The van der Waals surface area contributed by atoms with Crippen molar-refractivity contribution < 1.29 is 4.79 Å². The van der Waals surface area contributed by atoms with Crippen LogP contribution in [0.15, 0.2) is 91.0 Å². The lowest BCUT2D eigenvalue weighted by molar-refractivity contribution is 0.0961. The minimum atomic E-state index is -0.580. The third-order valence-electron chi connectivity index (χ3n) is 3.23. The van der Waals surface area contributed by atoms with Gasteiger partial charge in [0.05, 0.1) is 6.04 Å². The van der Waals surface area contributed by atoms with Crippen molar-refractivity contribution in [3.63, 3.8) is 0 Å². The van der Waals surface area contributed by atoms with Gasteiger partial charge in [0.15, 0.2) is 5.78 Å². The minimum Gasteiger partial charge on any atom is -0.318 e. The maximum absolute atomic E-state index is 12.0. The Balaban J connectivity index is 0.000000229. The topological polar surface area (TPSA) is 43.1 Å². The molecule has 116 valence electrons. The first-order valence-electron chi connectivity index (χ1n) is 7.29. The molecule has 3 aromatic rings. The third-order valence-corrected chi connectivity index (χ3v) is 3.48. The first kappa shape index (κ1) is 16.9. The number of carbonyl (C=O) groups excluding carboxylic acids is 1. The maximum atomic E-state index is 12.0. The van der Waals surface area contributed by atoms with Gasteiger partial charge in [-0.2, -0.15) is 0 Å². The Morgan fingerprint density at radius 2 is 1.17 bits per heavy atom. The number of hydrogen-bond acceptors (Lipinski definition) is 2. The summed E-state index contributed by atoms with van der Waals surface area (Å²) in [4.78, 5) is 12.0. The lowest BCUT2D eigenvalue weighted by Gasteiger charge is -2.10. The van der Waals surface area contributed by atoms with E-state index in [9.17, 15) is 4.79 Å². The standard InChI is InChI=1S/C14H13NO.C6H5Cl/c15-13(11-7-3-1-4-8-11)14(16)12-9-5-2-6-10-12;7-6-4-2-1-3-5-6/h1-10,13H,15H2;1-5H. The maximum Gasteiger partial charge on any atom is 0.184 e. The van der Waals surface area contributed by atoms with E-state index in [1.165, 1.54) is 0 Å². The number of ketones is 1. The molecule has 0 aliphatic rings. The van der Waals surface area contributed by atoms with Crippen LogP contribution in [0, 0.1) is 0 Å². The average Bonchev–Trinajstić information content (AvgIpc) is 2.63. The number of rotatable bonds is 3. The Labute approximate surface area is 141 Å². The van der Waals surface area contributed by atoms with Crippen LogP contribution in [-0.2, 0) is 0 Å². The predicted molar refractivity (Wildman–Crippen MR) is 95.6 cm³/mol. The summed E-state index contributed by atoms with van der Waals surface area (Å²) < 4.78 is 0. The molecule has 3 rings (SSSR count). The second-order valence-corrected chi connectivity index (χ2v) is 5.35. The van der Waals surface area contributed by atoms with E-state index in [4.69, 9.17) is 17.3 Å². The lowest BCUT2D eigenvalue weighted by atomic mass is 9.98. The van der Waals surface area contributed by atoms with E-state index in [1.807, 2.05) is 78.9 Å². The smallest absolute Gasteiger partial charge is 0.184 e. The van der Waals surface area contributed by atoms with Gasteiger partial charge in [0, 0.05) is 10.6 Å². The molecule has 0 heterocycles. The van der Waals surface area contributed by atoms with Crippen molar-refractivity contribution in [2.75, 3.05) is 0 Å². The first-order chi connectivity index (χ1) is 11.2. The number of hydrogen-bond donors (Lipinski definition) is 1. The second-order valence-electron chi connectivity index (χ2n) is 4.91. The highest BCUT2D eigenvalue weighted by Crippen LogP contribution is 2.15. The van der Waals surface area contributed by atoms with Crippen LogP contribution in [0.4, 0.5) is 0 Å². The zero-order valence-electron chi connectivity index (χ0n) is 12.6. The Kier molecular flexibility index (Phi) is 6.55. The van der Waals surface area contributed by atoms with Gasteiger partial charge in [-0.3, -0.25) is 4.79 Å². The average molecular weight is 324 g/mol. The van der Waals surface area contributed by atoms with E-state index in [2.05, 4.69) is 0 Å². The van der Waals surface area contributed by atoms with Gasteiger partial charge in [0.25, 0.3) is 0 Å². The summed E-state index contributed by atoms with van der Waals surface area (Å²) in [6, 6.07) is 27.4. The highest BCUT2D eigenvalue weighted by atomic mass is 35.5. The van der Waals surface area contributed by atoms with E-state index in [0.29, 0.717) is 5.56 Å². The van der Waals surface area contributed by atoms with Gasteiger partial charge in [-0.1, -0.05) is 90.5 Å².